The molecule has 0 aromatic heterocycles. The van der Waals surface area contributed by atoms with Crippen molar-refractivity contribution in [2.75, 3.05) is 48.8 Å². The summed E-state index contributed by atoms with van der Waals surface area (Å²) in [5, 5.41) is 9.40. The van der Waals surface area contributed by atoms with Gasteiger partial charge >= 0.3 is 5.97 Å². The smallest absolute Gasteiger partial charge is 0.337 e. The largest absolute Gasteiger partial charge is 0.497 e. The maximum Gasteiger partial charge on any atom is 0.337 e. The lowest BCUT2D eigenvalue weighted by atomic mass is 10.1. The van der Waals surface area contributed by atoms with Gasteiger partial charge in [0.2, 0.25) is 0 Å². The molecular weight excluding hydrogens is 306 g/mol. The van der Waals surface area contributed by atoms with E-state index in [0.29, 0.717) is 5.69 Å². The number of hydrogen-bond donors (Lipinski definition) is 2. The summed E-state index contributed by atoms with van der Waals surface area (Å²) in [5.41, 5.74) is 8.31. The number of ether oxygens (including phenoxy) is 1. The van der Waals surface area contributed by atoms with E-state index >= 15 is 0 Å². The topological polar surface area (TPSA) is 79.0 Å². The Morgan fingerprint density at radius 1 is 1.04 bits per heavy atom. The molecule has 3 rings (SSSR count). The van der Waals surface area contributed by atoms with Crippen molar-refractivity contribution in [3.05, 3.63) is 48.0 Å². The highest BCUT2D eigenvalue weighted by molar-refractivity contribution is 5.95. The van der Waals surface area contributed by atoms with Crippen LogP contribution >= 0.6 is 0 Å². The van der Waals surface area contributed by atoms with Crippen molar-refractivity contribution >= 4 is 23.0 Å². The predicted octanol–water partition coefficient (Wildman–Crippen LogP) is 2.30. The van der Waals surface area contributed by atoms with Crippen LogP contribution in [0, 0.1) is 0 Å². The number of carboxylic acid groups (broad SMARTS) is 1. The third-order valence-corrected chi connectivity index (χ3v) is 4.31. The molecule has 0 bridgehead atoms. The monoisotopic (exact) mass is 327 g/mol. The Kier molecular flexibility index (Phi) is 4.46. The van der Waals surface area contributed by atoms with E-state index < -0.39 is 5.97 Å². The van der Waals surface area contributed by atoms with Crippen LogP contribution in [0.1, 0.15) is 10.4 Å². The molecule has 3 N–H and O–H groups in total. The van der Waals surface area contributed by atoms with Crippen LogP contribution in [-0.2, 0) is 0 Å². The summed E-state index contributed by atoms with van der Waals surface area (Å²) >= 11 is 0. The first-order valence-electron chi connectivity index (χ1n) is 7.85. The zero-order valence-electron chi connectivity index (χ0n) is 13.6. The molecule has 0 aliphatic carbocycles. The molecule has 126 valence electrons. The lowest BCUT2D eigenvalue weighted by molar-refractivity contribution is 0.0697. The Morgan fingerprint density at radius 3 is 2.25 bits per heavy atom. The van der Waals surface area contributed by atoms with Crippen LogP contribution in [0.4, 0.5) is 17.1 Å². The highest BCUT2D eigenvalue weighted by atomic mass is 16.5. The molecular formula is C18H21N3O3. The fourth-order valence-corrected chi connectivity index (χ4v) is 3.00. The lowest BCUT2D eigenvalue weighted by Gasteiger charge is -2.38. The molecule has 1 aliphatic rings. The molecule has 1 heterocycles. The van der Waals surface area contributed by atoms with E-state index in [9.17, 15) is 9.90 Å². The second-order valence-corrected chi connectivity index (χ2v) is 5.75. The molecule has 0 atom stereocenters. The molecule has 0 radical (unpaired) electrons. The summed E-state index contributed by atoms with van der Waals surface area (Å²) in [6.45, 7) is 3.18. The minimum atomic E-state index is -0.949. The van der Waals surface area contributed by atoms with Crippen LogP contribution in [-0.4, -0.2) is 44.4 Å². The van der Waals surface area contributed by atoms with Gasteiger partial charge in [-0.15, -0.1) is 0 Å². The van der Waals surface area contributed by atoms with E-state index in [-0.39, 0.29) is 5.56 Å². The number of piperazine rings is 1. The van der Waals surface area contributed by atoms with Gasteiger partial charge in [-0.05, 0) is 42.5 Å². The van der Waals surface area contributed by atoms with Crippen LogP contribution in [0.5, 0.6) is 5.75 Å². The number of nitrogens with two attached hydrogens (primary N) is 1. The molecule has 0 amide bonds. The van der Waals surface area contributed by atoms with Crippen LogP contribution in [0.2, 0.25) is 0 Å². The van der Waals surface area contributed by atoms with Crippen LogP contribution in [0.25, 0.3) is 0 Å². The number of carboxylic acids is 1. The first-order chi connectivity index (χ1) is 11.6. The fourth-order valence-electron chi connectivity index (χ4n) is 3.00. The van der Waals surface area contributed by atoms with E-state index in [2.05, 4.69) is 9.80 Å². The quantitative estimate of drug-likeness (QED) is 0.839. The van der Waals surface area contributed by atoms with Gasteiger partial charge in [-0.3, -0.25) is 0 Å². The fraction of sp³-hybridized carbons (Fsp3) is 0.278. The summed E-state index contributed by atoms with van der Waals surface area (Å²) in [6, 6.07) is 13.0. The SMILES string of the molecule is COc1ccc(N2CCN(c3ccc(N)cc3C(=O)O)CC2)cc1. The predicted molar refractivity (Wildman–Crippen MR) is 95.2 cm³/mol. The molecule has 1 saturated heterocycles. The van der Waals surface area contributed by atoms with Crippen molar-refractivity contribution in [2.45, 2.75) is 0 Å². The third-order valence-electron chi connectivity index (χ3n) is 4.31. The molecule has 6 heteroatoms. The number of nitrogen functional groups attached to an aromatic ring is 1. The molecule has 6 nitrogen and oxygen atoms in total. The molecule has 1 aliphatic heterocycles. The van der Waals surface area contributed by atoms with E-state index in [1.165, 1.54) is 6.07 Å². The van der Waals surface area contributed by atoms with E-state index in [1.54, 1.807) is 19.2 Å². The minimum absolute atomic E-state index is 0.257. The highest BCUT2D eigenvalue weighted by Crippen LogP contribution is 2.26. The molecule has 0 unspecified atom stereocenters. The first kappa shape index (κ1) is 16.0. The maximum absolute atomic E-state index is 11.5. The Bertz CT molecular complexity index is 723. The molecule has 0 saturated carbocycles. The minimum Gasteiger partial charge on any atom is -0.497 e. The molecule has 2 aromatic rings. The van der Waals surface area contributed by atoms with Gasteiger partial charge < -0.3 is 25.4 Å². The normalized spacial score (nSPS) is 14.5. The van der Waals surface area contributed by atoms with Crippen molar-refractivity contribution in [3.8, 4) is 5.75 Å². The second kappa shape index (κ2) is 6.70. The number of aromatic carboxylic acids is 1. The summed E-state index contributed by atoms with van der Waals surface area (Å²) in [4.78, 5) is 15.8. The number of methoxy groups -OCH3 is 1. The maximum atomic E-state index is 11.5. The molecule has 24 heavy (non-hydrogen) atoms. The number of nitrogens with zero attached hydrogens (tertiary/aromatic N) is 2. The molecule has 0 spiro atoms. The van der Waals surface area contributed by atoms with E-state index in [4.69, 9.17) is 10.5 Å². The Balaban J connectivity index is 1.72. The Hall–Kier alpha value is -2.89. The van der Waals surface area contributed by atoms with Crippen molar-refractivity contribution < 1.29 is 14.6 Å². The van der Waals surface area contributed by atoms with Gasteiger partial charge in [0.05, 0.1) is 18.4 Å². The summed E-state index contributed by atoms with van der Waals surface area (Å²) < 4.78 is 5.18. The standard InChI is InChI=1S/C18H21N3O3/c1-24-15-5-3-14(4-6-15)20-8-10-21(11-9-20)17-7-2-13(19)12-16(17)18(22)23/h2-7,12H,8-11,19H2,1H3,(H,22,23). The number of carbonyl (C=O) groups is 1. The van der Waals surface area contributed by atoms with E-state index in [0.717, 1.165) is 43.3 Å². The van der Waals surface area contributed by atoms with Crippen molar-refractivity contribution in [1.82, 2.24) is 0 Å². The second-order valence-electron chi connectivity index (χ2n) is 5.75. The van der Waals surface area contributed by atoms with Gasteiger partial charge in [-0.25, -0.2) is 4.79 Å². The van der Waals surface area contributed by atoms with Crippen molar-refractivity contribution in [2.24, 2.45) is 0 Å². The Morgan fingerprint density at radius 2 is 1.67 bits per heavy atom. The van der Waals surface area contributed by atoms with Gasteiger partial charge in [0.25, 0.3) is 0 Å². The molecule has 2 aromatic carbocycles. The highest BCUT2D eigenvalue weighted by Gasteiger charge is 2.21. The van der Waals surface area contributed by atoms with Crippen molar-refractivity contribution in [3.63, 3.8) is 0 Å². The average molecular weight is 327 g/mol. The zero-order valence-corrected chi connectivity index (χ0v) is 13.6. The number of benzene rings is 2. The van der Waals surface area contributed by atoms with Crippen molar-refractivity contribution in [1.29, 1.82) is 0 Å². The van der Waals surface area contributed by atoms with E-state index in [1.807, 2.05) is 24.3 Å². The number of rotatable bonds is 4. The number of hydrogen-bond acceptors (Lipinski definition) is 5. The van der Waals surface area contributed by atoms with Gasteiger partial charge in [0.1, 0.15) is 5.75 Å². The van der Waals surface area contributed by atoms with Gasteiger partial charge in [-0.1, -0.05) is 0 Å². The summed E-state index contributed by atoms with van der Waals surface area (Å²) in [5.74, 6) is -0.111. The van der Waals surface area contributed by atoms with Crippen LogP contribution < -0.4 is 20.3 Å². The third kappa shape index (κ3) is 3.22. The average Bonchev–Trinajstić information content (AvgIpc) is 2.62. The zero-order chi connectivity index (χ0) is 17.1. The Labute approximate surface area is 141 Å². The van der Waals surface area contributed by atoms with Gasteiger partial charge in [-0.2, -0.15) is 0 Å². The van der Waals surface area contributed by atoms with Gasteiger partial charge in [0, 0.05) is 37.6 Å². The first-order valence-corrected chi connectivity index (χ1v) is 7.85. The van der Waals surface area contributed by atoms with Crippen LogP contribution in [0.15, 0.2) is 42.5 Å². The number of anilines is 3. The lowest BCUT2D eigenvalue weighted by Crippen LogP contribution is -2.47. The van der Waals surface area contributed by atoms with Crippen LogP contribution in [0.3, 0.4) is 0 Å². The summed E-state index contributed by atoms with van der Waals surface area (Å²) in [6.07, 6.45) is 0. The summed E-state index contributed by atoms with van der Waals surface area (Å²) in [7, 11) is 1.65. The van der Waals surface area contributed by atoms with Gasteiger partial charge in [0.15, 0.2) is 0 Å². The molecule has 1 fully saturated rings.